The Bertz CT molecular complexity index is 1090. The number of hydrogen-bond donors (Lipinski definition) is 1. The Labute approximate surface area is 196 Å². The van der Waals surface area contributed by atoms with Crippen LogP contribution in [0.1, 0.15) is 16.7 Å². The third-order valence-electron chi connectivity index (χ3n) is 5.95. The first-order valence-electron chi connectivity index (χ1n) is 11.2. The van der Waals surface area contributed by atoms with Gasteiger partial charge in [-0.3, -0.25) is 0 Å². The average Bonchev–Trinajstić information content (AvgIpc) is 3.29. The fraction of sp³-hybridized carbons (Fsp3) is 0.286. The van der Waals surface area contributed by atoms with Crippen LogP contribution in [-0.2, 0) is 24.2 Å². The third kappa shape index (κ3) is 5.61. The maximum Gasteiger partial charge on any atom is 0.160 e. The molecule has 3 aromatic rings. The zero-order valence-electron chi connectivity index (χ0n) is 19.5. The van der Waals surface area contributed by atoms with Crippen molar-refractivity contribution in [1.29, 1.82) is 0 Å². The molecule has 0 aromatic heterocycles. The lowest BCUT2D eigenvalue weighted by molar-refractivity contribution is 0.248. The predicted octanol–water partition coefficient (Wildman–Crippen LogP) is 5.64. The number of rotatable bonds is 10. The second-order valence-corrected chi connectivity index (χ2v) is 8.15. The maximum absolute atomic E-state index is 6.06. The molecule has 0 amide bonds. The maximum atomic E-state index is 6.06. The summed E-state index contributed by atoms with van der Waals surface area (Å²) in [6.45, 7) is 1.24. The zero-order valence-corrected chi connectivity index (χ0v) is 19.5. The molecular weight excluding hydrogens is 414 g/mol. The Morgan fingerprint density at radius 3 is 2.36 bits per heavy atom. The molecule has 1 atom stereocenters. The summed E-state index contributed by atoms with van der Waals surface area (Å²) in [6, 6.07) is 22.6. The van der Waals surface area contributed by atoms with Crippen molar-refractivity contribution in [2.45, 2.75) is 19.4 Å². The van der Waals surface area contributed by atoms with Gasteiger partial charge in [0.05, 0.1) is 32.8 Å². The van der Waals surface area contributed by atoms with Crippen molar-refractivity contribution in [2.24, 2.45) is 5.92 Å². The number of methoxy groups -OCH3 is 2. The number of hydrogen-bond acceptors (Lipinski definition) is 5. The van der Waals surface area contributed by atoms with Crippen LogP contribution in [0.2, 0.25) is 0 Å². The third-order valence-corrected chi connectivity index (χ3v) is 5.95. The minimum absolute atomic E-state index is 0.332. The van der Waals surface area contributed by atoms with E-state index in [1.807, 2.05) is 43.6 Å². The van der Waals surface area contributed by atoms with Crippen LogP contribution < -0.4 is 19.5 Å². The van der Waals surface area contributed by atoms with Gasteiger partial charge in [-0.05, 0) is 59.4 Å². The number of nitrogens with one attached hydrogen (secondary N) is 1. The number of ether oxygens (including phenoxy) is 4. The molecule has 0 saturated carbocycles. The topological polar surface area (TPSA) is 49.0 Å². The first-order valence-corrected chi connectivity index (χ1v) is 11.2. The lowest BCUT2D eigenvalue weighted by Crippen LogP contribution is -2.11. The fourth-order valence-corrected chi connectivity index (χ4v) is 4.12. The molecule has 172 valence electrons. The monoisotopic (exact) mass is 445 g/mol. The Morgan fingerprint density at radius 1 is 0.848 bits per heavy atom. The van der Waals surface area contributed by atoms with Gasteiger partial charge >= 0.3 is 0 Å². The standard InChI is InChI=1S/C28H31NO4/c1-29-25-15-21(9-11-26(25)33-17-20-7-5-4-6-8-20)13-23-18-32-19-24(23)14-22-10-12-27(30-2)28(16-22)31-3/h4-12,15-16,19,23,29H,13-14,17-18H2,1-3H3/t23-/m0/s1. The van der Waals surface area contributed by atoms with Gasteiger partial charge in [0.1, 0.15) is 12.4 Å². The van der Waals surface area contributed by atoms with Crippen LogP contribution >= 0.6 is 0 Å². The molecule has 0 bridgehead atoms. The van der Waals surface area contributed by atoms with Crippen molar-refractivity contribution >= 4 is 5.69 Å². The van der Waals surface area contributed by atoms with Crippen LogP contribution in [0.15, 0.2) is 78.6 Å². The molecule has 1 aliphatic heterocycles. The predicted molar refractivity (Wildman–Crippen MR) is 131 cm³/mol. The quantitative estimate of drug-likeness (QED) is 0.438. The second kappa shape index (κ2) is 10.8. The molecule has 0 fully saturated rings. The van der Waals surface area contributed by atoms with E-state index in [0.717, 1.165) is 41.3 Å². The van der Waals surface area contributed by atoms with E-state index in [1.165, 1.54) is 16.7 Å². The summed E-state index contributed by atoms with van der Waals surface area (Å²) in [6.07, 6.45) is 3.65. The van der Waals surface area contributed by atoms with Crippen molar-refractivity contribution < 1.29 is 18.9 Å². The molecule has 1 aliphatic rings. The molecule has 1 N–H and O–H groups in total. The minimum atomic E-state index is 0.332. The van der Waals surface area contributed by atoms with Gasteiger partial charge in [-0.25, -0.2) is 0 Å². The Hall–Kier alpha value is -3.60. The van der Waals surface area contributed by atoms with Crippen LogP contribution in [0, 0.1) is 5.92 Å². The molecule has 5 heteroatoms. The minimum Gasteiger partial charge on any atom is -0.501 e. The van der Waals surface area contributed by atoms with E-state index in [0.29, 0.717) is 19.1 Å². The van der Waals surface area contributed by atoms with Gasteiger partial charge in [-0.2, -0.15) is 0 Å². The van der Waals surface area contributed by atoms with E-state index in [1.54, 1.807) is 14.2 Å². The van der Waals surface area contributed by atoms with Crippen LogP contribution in [0.5, 0.6) is 17.2 Å². The highest BCUT2D eigenvalue weighted by atomic mass is 16.5. The first kappa shape index (κ1) is 22.6. The summed E-state index contributed by atoms with van der Waals surface area (Å²) >= 11 is 0. The highest BCUT2D eigenvalue weighted by Gasteiger charge is 2.22. The van der Waals surface area contributed by atoms with Gasteiger partial charge in [0.2, 0.25) is 0 Å². The van der Waals surface area contributed by atoms with E-state index in [2.05, 4.69) is 41.7 Å². The molecular formula is C28H31NO4. The zero-order chi connectivity index (χ0) is 23.0. The average molecular weight is 446 g/mol. The second-order valence-electron chi connectivity index (χ2n) is 8.15. The molecule has 0 radical (unpaired) electrons. The lowest BCUT2D eigenvalue weighted by Gasteiger charge is -2.17. The molecule has 0 spiro atoms. The Kier molecular flexibility index (Phi) is 7.40. The molecule has 4 rings (SSSR count). The van der Waals surface area contributed by atoms with Crippen molar-refractivity contribution in [3.05, 3.63) is 95.3 Å². The highest BCUT2D eigenvalue weighted by molar-refractivity contribution is 5.58. The van der Waals surface area contributed by atoms with Gasteiger partial charge in [-0.1, -0.05) is 42.5 Å². The summed E-state index contributed by atoms with van der Waals surface area (Å²) < 4.78 is 22.6. The summed E-state index contributed by atoms with van der Waals surface area (Å²) in [5.41, 5.74) is 5.86. The molecule has 0 unspecified atom stereocenters. The molecule has 3 aromatic carbocycles. The Balaban J connectivity index is 1.42. The molecule has 33 heavy (non-hydrogen) atoms. The highest BCUT2D eigenvalue weighted by Crippen LogP contribution is 2.33. The lowest BCUT2D eigenvalue weighted by atomic mass is 9.90. The summed E-state index contributed by atoms with van der Waals surface area (Å²) in [5.74, 6) is 2.67. The van der Waals surface area contributed by atoms with E-state index in [-0.39, 0.29) is 0 Å². The van der Waals surface area contributed by atoms with E-state index < -0.39 is 0 Å². The summed E-state index contributed by atoms with van der Waals surface area (Å²) in [7, 11) is 5.24. The smallest absolute Gasteiger partial charge is 0.160 e. The summed E-state index contributed by atoms with van der Waals surface area (Å²) in [5, 5.41) is 3.28. The largest absolute Gasteiger partial charge is 0.501 e. The normalized spacial score (nSPS) is 14.9. The van der Waals surface area contributed by atoms with Crippen molar-refractivity contribution in [3.63, 3.8) is 0 Å². The van der Waals surface area contributed by atoms with Crippen LogP contribution in [0.4, 0.5) is 5.69 Å². The fourth-order valence-electron chi connectivity index (χ4n) is 4.12. The molecule has 1 heterocycles. The van der Waals surface area contributed by atoms with Gasteiger partial charge in [0, 0.05) is 13.0 Å². The van der Waals surface area contributed by atoms with Crippen LogP contribution in [0.25, 0.3) is 0 Å². The van der Waals surface area contributed by atoms with Crippen molar-refractivity contribution in [2.75, 3.05) is 33.2 Å². The van der Waals surface area contributed by atoms with Gasteiger partial charge in [0.25, 0.3) is 0 Å². The SMILES string of the molecule is CNc1cc(C[C@H]2COC=C2Cc2ccc(OC)c(OC)c2)ccc1OCc1ccccc1. The first-order chi connectivity index (χ1) is 16.2. The van der Waals surface area contributed by atoms with Gasteiger partial charge in [-0.15, -0.1) is 0 Å². The molecule has 0 saturated heterocycles. The van der Waals surface area contributed by atoms with Crippen LogP contribution in [0.3, 0.4) is 0 Å². The number of benzene rings is 3. The molecule has 5 nitrogen and oxygen atoms in total. The van der Waals surface area contributed by atoms with Gasteiger partial charge in [0.15, 0.2) is 11.5 Å². The Morgan fingerprint density at radius 2 is 1.61 bits per heavy atom. The number of anilines is 1. The van der Waals surface area contributed by atoms with E-state index in [4.69, 9.17) is 18.9 Å². The van der Waals surface area contributed by atoms with E-state index in [9.17, 15) is 0 Å². The summed E-state index contributed by atoms with van der Waals surface area (Å²) in [4.78, 5) is 0. The van der Waals surface area contributed by atoms with Gasteiger partial charge < -0.3 is 24.3 Å². The van der Waals surface area contributed by atoms with Crippen molar-refractivity contribution in [3.8, 4) is 17.2 Å². The van der Waals surface area contributed by atoms with Crippen molar-refractivity contribution in [1.82, 2.24) is 0 Å². The van der Waals surface area contributed by atoms with Crippen LogP contribution in [-0.4, -0.2) is 27.9 Å². The molecule has 0 aliphatic carbocycles. The van der Waals surface area contributed by atoms with E-state index >= 15 is 0 Å².